The lowest BCUT2D eigenvalue weighted by molar-refractivity contribution is -0.140. The van der Waals surface area contributed by atoms with E-state index in [0.29, 0.717) is 5.75 Å². The summed E-state index contributed by atoms with van der Waals surface area (Å²) in [5.74, 6) is 2.11. The van der Waals surface area contributed by atoms with Crippen molar-refractivity contribution in [2.75, 3.05) is 0 Å². The second-order valence-electron chi connectivity index (χ2n) is 12.9. The van der Waals surface area contributed by atoms with Gasteiger partial charge in [0.15, 0.2) is 5.82 Å². The summed E-state index contributed by atoms with van der Waals surface area (Å²) >= 11 is 0. The fraction of sp³-hybridized carbons (Fsp3) is 0.711. The fourth-order valence-electron chi connectivity index (χ4n) is 6.40. The molecule has 1 saturated carbocycles. The number of unbranched alkanes of at least 4 members (excludes halogenated alkanes) is 15. The van der Waals surface area contributed by atoms with Crippen LogP contribution in [-0.4, -0.2) is 15.9 Å². The summed E-state index contributed by atoms with van der Waals surface area (Å²) in [6.45, 7) is 4.55. The first-order chi connectivity index (χ1) is 20.7. The first-order valence-electron chi connectivity index (χ1n) is 17.8. The van der Waals surface area contributed by atoms with Gasteiger partial charge in [-0.2, -0.15) is 0 Å². The van der Waals surface area contributed by atoms with E-state index in [1.165, 1.54) is 134 Å². The number of hydrogen-bond acceptors (Lipinski definition) is 4. The highest BCUT2D eigenvalue weighted by atomic mass is 16.5. The van der Waals surface area contributed by atoms with E-state index in [2.05, 4.69) is 23.8 Å². The van der Waals surface area contributed by atoms with E-state index >= 15 is 0 Å². The summed E-state index contributed by atoms with van der Waals surface area (Å²) in [5.41, 5.74) is 2.16. The number of nitrogens with zero attached hydrogens (tertiary/aromatic N) is 2. The fourth-order valence-corrected chi connectivity index (χ4v) is 6.40. The molecule has 0 unspecified atom stereocenters. The molecule has 1 aliphatic carbocycles. The molecule has 3 rings (SSSR count). The Hall–Kier alpha value is -2.23. The number of aromatic nitrogens is 2. The second-order valence-corrected chi connectivity index (χ2v) is 12.9. The van der Waals surface area contributed by atoms with Crippen molar-refractivity contribution in [2.45, 2.75) is 162 Å². The molecule has 0 spiro atoms. The van der Waals surface area contributed by atoms with Gasteiger partial charge >= 0.3 is 5.97 Å². The first-order valence-corrected chi connectivity index (χ1v) is 17.8. The number of esters is 1. The van der Waals surface area contributed by atoms with E-state index < -0.39 is 0 Å². The Morgan fingerprint density at radius 3 is 1.71 bits per heavy atom. The van der Waals surface area contributed by atoms with Crippen molar-refractivity contribution in [3.8, 4) is 17.1 Å². The molecule has 2 aromatic rings. The zero-order chi connectivity index (χ0) is 29.7. The summed E-state index contributed by atoms with van der Waals surface area (Å²) < 4.78 is 5.75. The average Bonchev–Trinajstić information content (AvgIpc) is 3.02. The zero-order valence-electron chi connectivity index (χ0n) is 27.1. The SMILES string of the molecule is CCCCCCCCCCCCCCc1cnc(-c2ccc(OC(=O)C3CCC(CCCCCCC)CC3)cc2)nc1. The van der Waals surface area contributed by atoms with Crippen LogP contribution in [-0.2, 0) is 11.2 Å². The largest absolute Gasteiger partial charge is 0.426 e. The van der Waals surface area contributed by atoms with Gasteiger partial charge in [-0.05, 0) is 74.3 Å². The van der Waals surface area contributed by atoms with E-state index in [4.69, 9.17) is 4.74 Å². The molecule has 1 aromatic carbocycles. The highest BCUT2D eigenvalue weighted by molar-refractivity contribution is 5.75. The molecule has 0 bridgehead atoms. The van der Waals surface area contributed by atoms with Crippen molar-refractivity contribution in [2.24, 2.45) is 11.8 Å². The maximum Gasteiger partial charge on any atom is 0.314 e. The Morgan fingerprint density at radius 2 is 1.17 bits per heavy atom. The minimum atomic E-state index is -0.0671. The van der Waals surface area contributed by atoms with E-state index in [9.17, 15) is 4.79 Å². The Bertz CT molecular complexity index is 948. The highest BCUT2D eigenvalue weighted by Crippen LogP contribution is 2.33. The van der Waals surface area contributed by atoms with Crippen LogP contribution < -0.4 is 4.74 Å². The minimum absolute atomic E-state index is 0.0435. The molecule has 0 aliphatic heterocycles. The molecule has 42 heavy (non-hydrogen) atoms. The van der Waals surface area contributed by atoms with Crippen molar-refractivity contribution in [1.29, 1.82) is 0 Å². The van der Waals surface area contributed by atoms with Gasteiger partial charge < -0.3 is 4.74 Å². The van der Waals surface area contributed by atoms with Crippen LogP contribution in [0.3, 0.4) is 0 Å². The van der Waals surface area contributed by atoms with Gasteiger partial charge in [0.2, 0.25) is 0 Å². The monoisotopic (exact) mass is 576 g/mol. The van der Waals surface area contributed by atoms with Crippen LogP contribution in [0.5, 0.6) is 5.75 Å². The van der Waals surface area contributed by atoms with Crippen LogP contribution in [0.4, 0.5) is 0 Å². The maximum atomic E-state index is 12.8. The van der Waals surface area contributed by atoms with Gasteiger partial charge in [0, 0.05) is 18.0 Å². The van der Waals surface area contributed by atoms with Crippen LogP contribution in [0.2, 0.25) is 0 Å². The summed E-state index contributed by atoms with van der Waals surface area (Å²) in [7, 11) is 0. The third kappa shape index (κ3) is 13.8. The normalized spacial score (nSPS) is 16.9. The molecule has 234 valence electrons. The molecule has 0 atom stereocenters. The van der Waals surface area contributed by atoms with E-state index in [-0.39, 0.29) is 11.9 Å². The van der Waals surface area contributed by atoms with Gasteiger partial charge in [-0.15, -0.1) is 0 Å². The Balaban J connectivity index is 1.27. The lowest BCUT2D eigenvalue weighted by Gasteiger charge is -2.27. The van der Waals surface area contributed by atoms with Gasteiger partial charge in [-0.3, -0.25) is 4.79 Å². The molecule has 1 aliphatic rings. The minimum Gasteiger partial charge on any atom is -0.426 e. The smallest absolute Gasteiger partial charge is 0.314 e. The Morgan fingerprint density at radius 1 is 0.667 bits per heavy atom. The maximum absolute atomic E-state index is 12.8. The predicted molar refractivity (Wildman–Crippen MR) is 177 cm³/mol. The van der Waals surface area contributed by atoms with Crippen LogP contribution >= 0.6 is 0 Å². The molecular formula is C38H60N2O2. The van der Waals surface area contributed by atoms with Crippen molar-refractivity contribution in [3.05, 3.63) is 42.2 Å². The molecule has 0 saturated heterocycles. The zero-order valence-corrected chi connectivity index (χ0v) is 27.1. The van der Waals surface area contributed by atoms with Crippen LogP contribution in [0, 0.1) is 11.8 Å². The van der Waals surface area contributed by atoms with Crippen molar-refractivity contribution in [3.63, 3.8) is 0 Å². The molecule has 1 fully saturated rings. The first kappa shape index (κ1) is 34.3. The molecular weight excluding hydrogens is 516 g/mol. The number of carbonyl (C=O) groups is 1. The van der Waals surface area contributed by atoms with Crippen molar-refractivity contribution >= 4 is 5.97 Å². The van der Waals surface area contributed by atoms with E-state index in [0.717, 1.165) is 36.6 Å². The Labute approximate surface area is 257 Å². The van der Waals surface area contributed by atoms with Gasteiger partial charge in [0.1, 0.15) is 5.75 Å². The number of rotatable bonds is 22. The number of benzene rings is 1. The molecule has 4 nitrogen and oxygen atoms in total. The number of hydrogen-bond donors (Lipinski definition) is 0. The summed E-state index contributed by atoms with van der Waals surface area (Å²) in [6.07, 6.45) is 33.8. The summed E-state index contributed by atoms with van der Waals surface area (Å²) in [5, 5.41) is 0. The third-order valence-corrected chi connectivity index (χ3v) is 9.25. The summed E-state index contributed by atoms with van der Waals surface area (Å²) in [4.78, 5) is 22.0. The van der Waals surface area contributed by atoms with Crippen LogP contribution in [0.15, 0.2) is 36.7 Å². The van der Waals surface area contributed by atoms with Gasteiger partial charge in [-0.1, -0.05) is 123 Å². The highest BCUT2D eigenvalue weighted by Gasteiger charge is 2.27. The van der Waals surface area contributed by atoms with Gasteiger partial charge in [-0.25, -0.2) is 9.97 Å². The molecule has 1 aromatic heterocycles. The predicted octanol–water partition coefficient (Wildman–Crippen LogP) is 11.5. The second kappa shape index (κ2) is 21.5. The number of ether oxygens (including phenoxy) is 1. The lowest BCUT2D eigenvalue weighted by atomic mass is 9.80. The molecule has 0 radical (unpaired) electrons. The van der Waals surface area contributed by atoms with Crippen molar-refractivity contribution in [1.82, 2.24) is 9.97 Å². The molecule has 0 N–H and O–H groups in total. The van der Waals surface area contributed by atoms with E-state index in [1.807, 2.05) is 36.7 Å². The topological polar surface area (TPSA) is 52.1 Å². The molecule has 1 heterocycles. The number of aryl methyl sites for hydroxylation is 1. The molecule has 4 heteroatoms. The average molecular weight is 577 g/mol. The lowest BCUT2D eigenvalue weighted by Crippen LogP contribution is -2.25. The van der Waals surface area contributed by atoms with Gasteiger partial charge in [0.25, 0.3) is 0 Å². The third-order valence-electron chi connectivity index (χ3n) is 9.25. The van der Waals surface area contributed by atoms with Gasteiger partial charge in [0.05, 0.1) is 5.92 Å². The van der Waals surface area contributed by atoms with E-state index in [1.54, 1.807) is 0 Å². The summed E-state index contributed by atoms with van der Waals surface area (Å²) in [6, 6.07) is 7.66. The quantitative estimate of drug-likeness (QED) is 0.0794. The molecule has 0 amide bonds. The van der Waals surface area contributed by atoms with Crippen molar-refractivity contribution < 1.29 is 9.53 Å². The Kier molecular flexibility index (Phi) is 17.5. The standard InChI is InChI=1S/C38H60N2O2/c1-3-5-7-9-10-11-12-13-14-15-17-19-21-33-30-39-37(40-31-33)34-26-28-36(29-27-34)42-38(41)35-24-22-32(23-25-35)20-18-16-8-6-4-2/h26-32,35H,3-25H2,1-2H3. The van der Waals surface area contributed by atoms with Crippen LogP contribution in [0.25, 0.3) is 11.4 Å². The number of carbonyl (C=O) groups excluding carboxylic acids is 1. The van der Waals surface area contributed by atoms with Crippen LogP contribution in [0.1, 0.15) is 161 Å².